The molecule has 0 saturated carbocycles. The summed E-state index contributed by atoms with van der Waals surface area (Å²) in [5.41, 5.74) is 4.82. The molecule has 0 saturated heterocycles. The van der Waals surface area contributed by atoms with Crippen LogP contribution in [-0.4, -0.2) is 26.5 Å². The molecule has 0 fully saturated rings. The normalized spacial score (nSPS) is 11.3. The van der Waals surface area contributed by atoms with Crippen molar-refractivity contribution in [1.29, 1.82) is 0 Å². The van der Waals surface area contributed by atoms with Gasteiger partial charge in [-0.05, 0) is 52.1 Å². The Kier molecular flexibility index (Phi) is 5.77. The highest BCUT2D eigenvalue weighted by molar-refractivity contribution is 6.02. The quantitative estimate of drug-likeness (QED) is 0.202. The molecule has 4 aromatic carbocycles. The molecule has 0 amide bonds. The molecule has 0 aliphatic rings. The smallest absolute Gasteiger partial charge is 0.258 e. The van der Waals surface area contributed by atoms with Crippen molar-refractivity contribution in [3.05, 3.63) is 112 Å². The molecule has 4 N–H and O–H groups in total. The van der Waals surface area contributed by atoms with E-state index in [0.717, 1.165) is 22.3 Å². The molecule has 0 aliphatic heterocycles. The van der Waals surface area contributed by atoms with Crippen molar-refractivity contribution in [2.45, 2.75) is 6.54 Å². The van der Waals surface area contributed by atoms with Crippen molar-refractivity contribution in [3.8, 4) is 39.6 Å². The van der Waals surface area contributed by atoms with E-state index in [-0.39, 0.29) is 29.5 Å². The first kappa shape index (κ1) is 22.0. The van der Waals surface area contributed by atoms with E-state index in [0.29, 0.717) is 21.9 Å². The van der Waals surface area contributed by atoms with E-state index in [4.69, 9.17) is 0 Å². The van der Waals surface area contributed by atoms with Gasteiger partial charge in [0.15, 0.2) is 11.5 Å². The number of fused-ring (bicyclic) bond motifs is 1. The zero-order valence-corrected chi connectivity index (χ0v) is 18.6. The van der Waals surface area contributed by atoms with Crippen LogP contribution < -0.4 is 5.56 Å². The minimum atomic E-state index is -0.385. The summed E-state index contributed by atoms with van der Waals surface area (Å²) in [6, 6.07) is 28.2. The van der Waals surface area contributed by atoms with Crippen molar-refractivity contribution < 1.29 is 15.3 Å². The van der Waals surface area contributed by atoms with Crippen LogP contribution in [0, 0.1) is 0 Å². The van der Waals surface area contributed by atoms with E-state index in [1.54, 1.807) is 12.1 Å². The van der Waals surface area contributed by atoms with E-state index in [9.17, 15) is 20.1 Å². The van der Waals surface area contributed by atoms with Crippen LogP contribution in [0.1, 0.15) is 11.1 Å². The molecule has 1 aromatic heterocycles. The molecule has 0 aliphatic carbocycles. The second-order valence-corrected chi connectivity index (χ2v) is 8.21. The Bertz CT molecular complexity index is 1600. The monoisotopic (exact) mass is 462 g/mol. The summed E-state index contributed by atoms with van der Waals surface area (Å²) in [7, 11) is 0. The summed E-state index contributed by atoms with van der Waals surface area (Å²) in [4.78, 5) is 19.3. The summed E-state index contributed by atoms with van der Waals surface area (Å²) >= 11 is 0. The van der Waals surface area contributed by atoms with E-state index in [1.165, 1.54) is 18.3 Å². The first-order valence-corrected chi connectivity index (χ1v) is 11.0. The molecule has 6 heteroatoms. The maximum absolute atomic E-state index is 12.5. The van der Waals surface area contributed by atoms with Crippen molar-refractivity contribution in [1.82, 2.24) is 4.98 Å². The van der Waals surface area contributed by atoms with Crippen LogP contribution >= 0.6 is 0 Å². The third kappa shape index (κ3) is 4.50. The molecule has 35 heavy (non-hydrogen) atoms. The standard InChI is InChI=1S/C29H22N2O4/c32-26-13-6-18(14-27(26)33)16-30-17-25-24-15-22(11-12-23(24)28(34)31-29(25)35)21-9-7-20(8-10-21)19-4-2-1-3-5-19/h1-15,17,32-33H,16H2,(H2,31,34,35). The van der Waals surface area contributed by atoms with E-state index in [1.807, 2.05) is 42.5 Å². The summed E-state index contributed by atoms with van der Waals surface area (Å²) in [5, 5.41) is 30.6. The summed E-state index contributed by atoms with van der Waals surface area (Å²) in [6.07, 6.45) is 1.50. The molecule has 0 spiro atoms. The Labute approximate surface area is 201 Å². The lowest BCUT2D eigenvalue weighted by atomic mass is 9.97. The van der Waals surface area contributed by atoms with E-state index in [2.05, 4.69) is 34.2 Å². The number of phenols is 2. The zero-order chi connectivity index (χ0) is 24.4. The minimum Gasteiger partial charge on any atom is -0.504 e. The van der Waals surface area contributed by atoms with Gasteiger partial charge in [0, 0.05) is 17.0 Å². The number of aromatic hydroxyl groups is 3. The molecular weight excluding hydrogens is 440 g/mol. The Morgan fingerprint density at radius 1 is 0.686 bits per heavy atom. The Hall–Kier alpha value is -4.84. The first-order chi connectivity index (χ1) is 17.0. The van der Waals surface area contributed by atoms with Crippen LogP contribution in [0.25, 0.3) is 33.0 Å². The first-order valence-electron chi connectivity index (χ1n) is 11.0. The number of rotatable bonds is 5. The van der Waals surface area contributed by atoms with Gasteiger partial charge in [-0.15, -0.1) is 0 Å². The number of hydrogen-bond donors (Lipinski definition) is 4. The molecular formula is C29H22N2O4. The maximum Gasteiger partial charge on any atom is 0.258 e. The predicted octanol–water partition coefficient (Wildman–Crippen LogP) is 5.60. The Morgan fingerprint density at radius 3 is 2.06 bits per heavy atom. The lowest BCUT2D eigenvalue weighted by Crippen LogP contribution is -2.08. The van der Waals surface area contributed by atoms with Crippen LogP contribution in [0.5, 0.6) is 17.4 Å². The number of phenolic OH excluding ortho intramolecular Hbond substituents is 2. The van der Waals surface area contributed by atoms with Crippen molar-refractivity contribution in [3.63, 3.8) is 0 Å². The van der Waals surface area contributed by atoms with E-state index >= 15 is 0 Å². The second kappa shape index (κ2) is 9.19. The van der Waals surface area contributed by atoms with Gasteiger partial charge in [-0.2, -0.15) is 0 Å². The number of H-pyrrole nitrogens is 1. The van der Waals surface area contributed by atoms with Crippen LogP contribution in [-0.2, 0) is 6.54 Å². The number of aliphatic imine (C=N–C) groups is 1. The molecule has 6 nitrogen and oxygen atoms in total. The fourth-order valence-electron chi connectivity index (χ4n) is 4.04. The van der Waals surface area contributed by atoms with Gasteiger partial charge in [-0.25, -0.2) is 0 Å². The summed E-state index contributed by atoms with van der Waals surface area (Å²) in [6.45, 7) is 0.217. The average molecular weight is 463 g/mol. The predicted molar refractivity (Wildman–Crippen MR) is 138 cm³/mol. The minimum absolute atomic E-state index is 0.202. The molecule has 0 unspecified atom stereocenters. The van der Waals surface area contributed by atoms with Crippen LogP contribution in [0.4, 0.5) is 0 Å². The topological polar surface area (TPSA) is 106 Å². The van der Waals surface area contributed by atoms with Crippen LogP contribution in [0.3, 0.4) is 0 Å². The molecule has 0 bridgehead atoms. The molecule has 1 heterocycles. The third-order valence-electron chi connectivity index (χ3n) is 5.90. The number of aromatic nitrogens is 1. The van der Waals surface area contributed by atoms with Gasteiger partial charge < -0.3 is 15.3 Å². The number of nitrogens with one attached hydrogen (secondary N) is 1. The van der Waals surface area contributed by atoms with Crippen LogP contribution in [0.2, 0.25) is 0 Å². The summed E-state index contributed by atoms with van der Waals surface area (Å²) in [5.74, 6) is -0.694. The van der Waals surface area contributed by atoms with Gasteiger partial charge in [0.2, 0.25) is 5.88 Å². The number of pyridine rings is 1. The maximum atomic E-state index is 12.5. The number of benzene rings is 4. The van der Waals surface area contributed by atoms with Gasteiger partial charge in [0.05, 0.1) is 12.1 Å². The van der Waals surface area contributed by atoms with Crippen molar-refractivity contribution in [2.24, 2.45) is 4.99 Å². The lowest BCUT2D eigenvalue weighted by Gasteiger charge is -2.09. The van der Waals surface area contributed by atoms with E-state index < -0.39 is 0 Å². The Balaban J connectivity index is 1.50. The van der Waals surface area contributed by atoms with Gasteiger partial charge >= 0.3 is 0 Å². The molecule has 5 rings (SSSR count). The van der Waals surface area contributed by atoms with Gasteiger partial charge in [0.1, 0.15) is 0 Å². The molecule has 0 atom stereocenters. The molecule has 172 valence electrons. The van der Waals surface area contributed by atoms with Crippen molar-refractivity contribution >= 4 is 17.0 Å². The second-order valence-electron chi connectivity index (χ2n) is 8.21. The van der Waals surface area contributed by atoms with Crippen molar-refractivity contribution in [2.75, 3.05) is 0 Å². The highest BCUT2D eigenvalue weighted by atomic mass is 16.3. The largest absolute Gasteiger partial charge is 0.504 e. The third-order valence-corrected chi connectivity index (χ3v) is 5.90. The fourth-order valence-corrected chi connectivity index (χ4v) is 4.04. The highest BCUT2D eigenvalue weighted by Crippen LogP contribution is 2.29. The molecule has 0 radical (unpaired) electrons. The highest BCUT2D eigenvalue weighted by Gasteiger charge is 2.11. The SMILES string of the molecule is O=c1[nH]c(O)c(C=NCc2ccc(O)c(O)c2)c2cc(-c3ccc(-c4ccccc4)cc3)ccc12. The van der Waals surface area contributed by atoms with Gasteiger partial charge in [0.25, 0.3) is 5.56 Å². The summed E-state index contributed by atoms with van der Waals surface area (Å²) < 4.78 is 0. The fraction of sp³-hybridized carbons (Fsp3) is 0.0345. The average Bonchev–Trinajstić information content (AvgIpc) is 2.88. The van der Waals surface area contributed by atoms with Gasteiger partial charge in [-0.3, -0.25) is 14.8 Å². The van der Waals surface area contributed by atoms with Crippen LogP contribution in [0.15, 0.2) is 101 Å². The zero-order valence-electron chi connectivity index (χ0n) is 18.6. The van der Waals surface area contributed by atoms with Gasteiger partial charge in [-0.1, -0.05) is 66.7 Å². The number of aromatic amines is 1. The Morgan fingerprint density at radius 2 is 1.34 bits per heavy atom. The number of nitrogens with zero attached hydrogens (tertiary/aromatic N) is 1. The number of hydrogen-bond acceptors (Lipinski definition) is 5. The molecule has 5 aromatic rings. The lowest BCUT2D eigenvalue weighted by molar-refractivity contribution is 0.403.